The van der Waals surface area contributed by atoms with Gasteiger partial charge in [0, 0.05) is 45.9 Å². The Labute approximate surface area is 301 Å². The molecule has 6 atom stereocenters. The van der Waals surface area contributed by atoms with Crippen LogP contribution in [0.25, 0.3) is 0 Å². The molecule has 1 aliphatic carbocycles. The van der Waals surface area contributed by atoms with E-state index >= 15 is 26.3 Å². The number of carboxylic acid groups (broad SMARTS) is 4. The van der Waals surface area contributed by atoms with Crippen molar-refractivity contribution >= 4 is 23.9 Å². The smallest absolute Gasteiger partial charge is 0.336 e. The van der Waals surface area contributed by atoms with Gasteiger partial charge in [0.05, 0.1) is 34.5 Å². The monoisotopic (exact) mass is 812 g/mol. The molecule has 0 bridgehead atoms. The number of carboxylic acids is 4. The molecule has 0 unspecified atom stereocenters. The van der Waals surface area contributed by atoms with Gasteiger partial charge in [-0.1, -0.05) is 0 Å². The molecule has 22 heteroatoms. The minimum Gasteiger partial charge on any atom is -0.478 e. The predicted octanol–water partition coefficient (Wildman–Crippen LogP) is 6.32. The second-order valence-corrected chi connectivity index (χ2v) is 12.1. The van der Waals surface area contributed by atoms with E-state index in [-0.39, 0.29) is 12.1 Å². The number of rotatable bonds is 8. The highest BCUT2D eigenvalue weighted by Crippen LogP contribution is 2.61. The van der Waals surface area contributed by atoms with Crippen LogP contribution < -0.4 is 0 Å². The lowest BCUT2D eigenvalue weighted by molar-refractivity contribution is -0.0545. The lowest BCUT2D eigenvalue weighted by Crippen LogP contribution is -2.51. The van der Waals surface area contributed by atoms with Gasteiger partial charge in [-0.05, 0) is 24.3 Å². The van der Waals surface area contributed by atoms with Gasteiger partial charge in [0.15, 0.2) is 69.8 Å². The topological polar surface area (TPSA) is 190 Å². The maximum atomic E-state index is 16.2. The van der Waals surface area contributed by atoms with Crippen molar-refractivity contribution in [3.05, 3.63) is 139 Å². The van der Waals surface area contributed by atoms with E-state index in [1.807, 2.05) is 0 Å². The van der Waals surface area contributed by atoms with Gasteiger partial charge in [0.1, 0.15) is 0 Å². The maximum Gasteiger partial charge on any atom is 0.336 e. The Morgan fingerprint density at radius 3 is 0.696 bits per heavy atom. The van der Waals surface area contributed by atoms with Crippen molar-refractivity contribution in [2.75, 3.05) is 0 Å². The van der Waals surface area contributed by atoms with Crippen molar-refractivity contribution in [3.63, 3.8) is 0 Å². The van der Waals surface area contributed by atoms with Gasteiger partial charge >= 0.3 is 23.9 Å². The summed E-state index contributed by atoms with van der Waals surface area (Å²) in [5.41, 5.74) is -15.7. The molecule has 296 valence electrons. The molecule has 0 radical (unpaired) electrons. The summed E-state index contributed by atoms with van der Waals surface area (Å²) >= 11 is 0. The van der Waals surface area contributed by atoms with Crippen LogP contribution in [0, 0.1) is 69.8 Å². The van der Waals surface area contributed by atoms with Crippen LogP contribution in [0.2, 0.25) is 0 Å². The van der Waals surface area contributed by atoms with Crippen molar-refractivity contribution in [2.24, 2.45) is 0 Å². The van der Waals surface area contributed by atoms with E-state index in [0.29, 0.717) is 0 Å². The van der Waals surface area contributed by atoms with E-state index in [9.17, 15) is 76.2 Å². The van der Waals surface area contributed by atoms with Gasteiger partial charge in [0.2, 0.25) is 0 Å². The molecule has 0 heterocycles. The molecule has 6 N–H and O–H groups in total. The number of aromatic carboxylic acids is 4. The highest BCUT2D eigenvalue weighted by Gasteiger charge is 2.58. The summed E-state index contributed by atoms with van der Waals surface area (Å²) in [4.78, 5) is 49.6. The number of benzene rings is 4. The van der Waals surface area contributed by atoms with Crippen molar-refractivity contribution in [2.45, 2.75) is 35.9 Å². The summed E-state index contributed by atoms with van der Waals surface area (Å²) in [6.45, 7) is 0. The number of carbonyl (C=O) groups is 4. The lowest BCUT2D eigenvalue weighted by atomic mass is 9.55. The molecule has 0 spiro atoms. The first kappa shape index (κ1) is 41.0. The zero-order valence-corrected chi connectivity index (χ0v) is 26.6. The number of halogens is 12. The number of hydrogen-bond donors (Lipinski definition) is 6. The van der Waals surface area contributed by atoms with Crippen molar-refractivity contribution in [3.8, 4) is 0 Å². The van der Waals surface area contributed by atoms with Crippen LogP contribution in [-0.4, -0.2) is 66.7 Å². The van der Waals surface area contributed by atoms with Crippen LogP contribution in [0.1, 0.15) is 87.4 Å². The van der Waals surface area contributed by atoms with Crippen LogP contribution >= 0.6 is 0 Å². The summed E-state index contributed by atoms with van der Waals surface area (Å²) in [5, 5.41) is 62.9. The third-order valence-electron chi connectivity index (χ3n) is 9.30. The number of hydrogen-bond acceptors (Lipinski definition) is 6. The summed E-state index contributed by atoms with van der Waals surface area (Å²) < 4.78 is 182. The number of aliphatic hydroxyl groups is 2. The third kappa shape index (κ3) is 6.23. The molecule has 1 fully saturated rings. The summed E-state index contributed by atoms with van der Waals surface area (Å²) in [7, 11) is 0. The Hall–Kier alpha value is -6.16. The number of aliphatic hydroxyl groups excluding tert-OH is 2. The van der Waals surface area contributed by atoms with E-state index in [0.717, 1.165) is 0 Å². The van der Waals surface area contributed by atoms with Crippen LogP contribution in [0.5, 0.6) is 0 Å². The SMILES string of the molecule is O=C(O)c1cc(F)c(F)c(F)c1[C@@H]1[C@H](c2c(C(=O)O)cc(F)c(F)c2F)[C@H](c2c(C(=O)O)cc(F)c(F)c2F)[C@H](O)[C@H](O)[C@@H]1c1c(C(=O)O)cc(F)c(F)c1F. The fraction of sp³-hybridized carbons (Fsp3) is 0.176. The van der Waals surface area contributed by atoms with Gasteiger partial charge < -0.3 is 30.6 Å². The maximum absolute atomic E-state index is 16.2. The zero-order chi connectivity index (χ0) is 42.1. The molecule has 5 rings (SSSR count). The summed E-state index contributed by atoms with van der Waals surface area (Å²) in [6.07, 6.45) is -6.74. The molecule has 4 aromatic carbocycles. The van der Waals surface area contributed by atoms with Gasteiger partial charge in [-0.15, -0.1) is 0 Å². The van der Waals surface area contributed by atoms with E-state index in [2.05, 4.69) is 0 Å². The van der Waals surface area contributed by atoms with Gasteiger partial charge in [-0.2, -0.15) is 0 Å². The zero-order valence-electron chi connectivity index (χ0n) is 26.6. The average Bonchev–Trinajstić information content (AvgIpc) is 3.12. The first-order valence-corrected chi connectivity index (χ1v) is 15.0. The van der Waals surface area contributed by atoms with Crippen molar-refractivity contribution in [1.29, 1.82) is 0 Å². The molecular formula is C34H16F12O10. The molecule has 0 saturated heterocycles. The first-order valence-electron chi connectivity index (χ1n) is 15.0. The van der Waals surface area contributed by atoms with Gasteiger partial charge in [-0.3, -0.25) is 0 Å². The second-order valence-electron chi connectivity index (χ2n) is 12.1. The largest absolute Gasteiger partial charge is 0.478 e. The quantitative estimate of drug-likeness (QED) is 0.0868. The Kier molecular flexibility index (Phi) is 10.6. The molecule has 1 aliphatic rings. The van der Waals surface area contributed by atoms with E-state index in [4.69, 9.17) is 0 Å². The fourth-order valence-electron chi connectivity index (χ4n) is 7.16. The molecule has 10 nitrogen and oxygen atoms in total. The standard InChI is InChI=1S/C34H16F12O10/c35-9-1-5(31(49)50)13(25(43)21(9)39)17-18(14-6(32(51)52)2-10(36)22(40)26(14)44)20(16-8(34(55)56)4-12(38)24(42)28(16)46)30(48)29(47)19(17)15-7(33(53)54)3-11(37)23(41)27(15)45/h1-4,17-20,29-30,47-48H,(H,49,50)(H,51,52)(H,53,54)(H,55,56)/t17-,18+,19-,20+,29-,30+. The molecule has 0 aliphatic heterocycles. The van der Waals surface area contributed by atoms with Crippen molar-refractivity contribution < 1.29 is 103 Å². The summed E-state index contributed by atoms with van der Waals surface area (Å²) in [5.74, 6) is -55.0. The Balaban J connectivity index is 2.19. The first-order chi connectivity index (χ1) is 26.0. The Morgan fingerprint density at radius 2 is 0.518 bits per heavy atom. The predicted molar refractivity (Wildman–Crippen MR) is 156 cm³/mol. The minimum absolute atomic E-state index is 0.342. The van der Waals surface area contributed by atoms with Crippen LogP contribution in [0.4, 0.5) is 52.7 Å². The van der Waals surface area contributed by atoms with E-state index in [1.165, 1.54) is 0 Å². The van der Waals surface area contributed by atoms with E-state index < -0.39 is 186 Å². The van der Waals surface area contributed by atoms with Gasteiger partial charge in [-0.25, -0.2) is 71.9 Å². The van der Waals surface area contributed by atoms with Crippen LogP contribution in [0.15, 0.2) is 24.3 Å². The van der Waals surface area contributed by atoms with Crippen molar-refractivity contribution in [1.82, 2.24) is 0 Å². The van der Waals surface area contributed by atoms with Gasteiger partial charge in [0.25, 0.3) is 0 Å². The minimum atomic E-state index is -3.44. The fourth-order valence-corrected chi connectivity index (χ4v) is 7.16. The Bertz CT molecular complexity index is 2240. The average molecular weight is 812 g/mol. The Morgan fingerprint density at radius 1 is 0.339 bits per heavy atom. The molecule has 1 saturated carbocycles. The second kappa shape index (κ2) is 14.5. The summed E-state index contributed by atoms with van der Waals surface area (Å²) in [6, 6.07) is -1.47. The van der Waals surface area contributed by atoms with E-state index in [1.54, 1.807) is 0 Å². The molecule has 4 aromatic rings. The highest BCUT2D eigenvalue weighted by molar-refractivity contribution is 5.93. The lowest BCUT2D eigenvalue weighted by Gasteiger charge is -2.50. The molecule has 56 heavy (non-hydrogen) atoms. The normalized spacial score (nSPS) is 20.9. The van der Waals surface area contributed by atoms with Crippen LogP contribution in [0.3, 0.4) is 0 Å². The highest BCUT2D eigenvalue weighted by atomic mass is 19.2. The molecular weight excluding hydrogens is 796 g/mol. The molecule has 0 aromatic heterocycles. The van der Waals surface area contributed by atoms with Crippen LogP contribution in [-0.2, 0) is 0 Å². The third-order valence-corrected chi connectivity index (χ3v) is 9.30. The molecule has 0 amide bonds.